The number of nitrogens with zero attached hydrogens (tertiary/aromatic N) is 2. The fraction of sp³-hybridized carbons (Fsp3) is 0.917. The Bertz CT molecular complexity index is 226. The summed E-state index contributed by atoms with van der Waals surface area (Å²) in [5, 5.41) is 11.5. The first-order chi connectivity index (χ1) is 7.65. The van der Waals surface area contributed by atoms with E-state index < -0.39 is 0 Å². The van der Waals surface area contributed by atoms with Crippen LogP contribution >= 0.6 is 0 Å². The van der Waals surface area contributed by atoms with Gasteiger partial charge in [0.2, 0.25) is 0 Å². The van der Waals surface area contributed by atoms with Gasteiger partial charge in [-0.05, 0) is 31.3 Å². The average Bonchev–Trinajstić information content (AvgIpc) is 2.36. The summed E-state index contributed by atoms with van der Waals surface area (Å²) < 4.78 is 0. The Hall–Kier alpha value is -0.770. The highest BCUT2D eigenvalue weighted by Gasteiger charge is 2.30. The predicted octanol–water partition coefficient (Wildman–Crippen LogP) is 2.03. The number of rotatable bonds is 5. The second-order valence-corrected chi connectivity index (χ2v) is 4.89. The van der Waals surface area contributed by atoms with Crippen molar-refractivity contribution in [2.45, 2.75) is 46.0 Å². The van der Waals surface area contributed by atoms with E-state index in [9.17, 15) is 0 Å². The van der Waals surface area contributed by atoms with E-state index in [1.54, 1.807) is 0 Å². The van der Waals surface area contributed by atoms with Gasteiger partial charge in [-0.15, -0.1) is 0 Å². The van der Waals surface area contributed by atoms with Gasteiger partial charge in [0.05, 0.1) is 0 Å². The lowest BCUT2D eigenvalue weighted by molar-refractivity contribution is 0.0973. The van der Waals surface area contributed by atoms with E-state index in [4.69, 9.17) is 10.9 Å². The third kappa shape index (κ3) is 3.37. The van der Waals surface area contributed by atoms with Gasteiger partial charge in [-0.25, -0.2) is 0 Å². The number of oxime groups is 1. The van der Waals surface area contributed by atoms with Gasteiger partial charge in [0.1, 0.15) is 5.84 Å². The molecule has 0 bridgehead atoms. The van der Waals surface area contributed by atoms with Crippen LogP contribution in [-0.2, 0) is 0 Å². The van der Waals surface area contributed by atoms with Crippen LogP contribution in [-0.4, -0.2) is 35.6 Å². The lowest BCUT2D eigenvalue weighted by Gasteiger charge is -2.41. The van der Waals surface area contributed by atoms with Gasteiger partial charge in [-0.3, -0.25) is 0 Å². The highest BCUT2D eigenvalue weighted by atomic mass is 16.4. The Kier molecular flexibility index (Phi) is 5.06. The van der Waals surface area contributed by atoms with Crippen LogP contribution in [0.2, 0.25) is 0 Å². The standard InChI is InChI=1S/C12H25N3O/c1-3-12(4-2)6-9-15(10-7-12)8-5-11(13)14-16/h16H,3-10H2,1-2H3,(H2,13,14). The molecule has 0 aliphatic carbocycles. The zero-order valence-corrected chi connectivity index (χ0v) is 10.6. The minimum absolute atomic E-state index is 0.336. The van der Waals surface area contributed by atoms with Crippen molar-refractivity contribution in [1.82, 2.24) is 4.90 Å². The first-order valence-corrected chi connectivity index (χ1v) is 6.34. The molecule has 0 spiro atoms. The number of nitrogens with two attached hydrogens (primary N) is 1. The molecule has 1 saturated heterocycles. The molecule has 4 nitrogen and oxygen atoms in total. The van der Waals surface area contributed by atoms with E-state index in [0.29, 0.717) is 17.7 Å². The quantitative estimate of drug-likeness (QED) is 0.327. The Morgan fingerprint density at radius 1 is 1.31 bits per heavy atom. The van der Waals surface area contributed by atoms with Gasteiger partial charge in [-0.1, -0.05) is 31.8 Å². The molecule has 1 aliphatic rings. The smallest absolute Gasteiger partial charge is 0.140 e. The lowest BCUT2D eigenvalue weighted by Crippen LogP contribution is -2.40. The molecule has 1 rings (SSSR count). The molecule has 3 N–H and O–H groups in total. The molecule has 1 aliphatic heterocycles. The number of hydrogen-bond donors (Lipinski definition) is 2. The Labute approximate surface area is 98.5 Å². The molecule has 1 heterocycles. The summed E-state index contributed by atoms with van der Waals surface area (Å²) >= 11 is 0. The van der Waals surface area contributed by atoms with Crippen molar-refractivity contribution < 1.29 is 5.21 Å². The van der Waals surface area contributed by atoms with Crippen LogP contribution in [0.25, 0.3) is 0 Å². The normalized spacial score (nSPS) is 22.2. The minimum Gasteiger partial charge on any atom is -0.409 e. The summed E-state index contributed by atoms with van der Waals surface area (Å²) in [6.07, 6.45) is 5.82. The molecule has 0 amide bonds. The van der Waals surface area contributed by atoms with Crippen LogP contribution in [0.1, 0.15) is 46.0 Å². The molecular weight excluding hydrogens is 202 g/mol. The van der Waals surface area contributed by atoms with Crippen LogP contribution in [0, 0.1) is 5.41 Å². The number of likely N-dealkylation sites (tertiary alicyclic amines) is 1. The van der Waals surface area contributed by atoms with E-state index in [-0.39, 0.29) is 0 Å². The largest absolute Gasteiger partial charge is 0.409 e. The maximum atomic E-state index is 8.47. The highest BCUT2D eigenvalue weighted by molar-refractivity contribution is 5.79. The summed E-state index contributed by atoms with van der Waals surface area (Å²) in [5.74, 6) is 0.336. The maximum Gasteiger partial charge on any atom is 0.140 e. The maximum absolute atomic E-state index is 8.47. The van der Waals surface area contributed by atoms with Crippen molar-refractivity contribution in [3.63, 3.8) is 0 Å². The molecule has 0 unspecified atom stereocenters. The first kappa shape index (κ1) is 13.3. The molecule has 0 aromatic rings. The topological polar surface area (TPSA) is 61.8 Å². The molecule has 94 valence electrons. The van der Waals surface area contributed by atoms with Crippen molar-refractivity contribution >= 4 is 5.84 Å². The monoisotopic (exact) mass is 227 g/mol. The number of amidine groups is 1. The van der Waals surface area contributed by atoms with E-state index in [0.717, 1.165) is 19.6 Å². The minimum atomic E-state index is 0.336. The summed E-state index contributed by atoms with van der Waals surface area (Å²) in [6.45, 7) is 7.82. The molecule has 4 heteroatoms. The molecule has 16 heavy (non-hydrogen) atoms. The average molecular weight is 227 g/mol. The summed E-state index contributed by atoms with van der Waals surface area (Å²) in [5.41, 5.74) is 6.05. The summed E-state index contributed by atoms with van der Waals surface area (Å²) in [7, 11) is 0. The second kappa shape index (κ2) is 6.09. The van der Waals surface area contributed by atoms with Gasteiger partial charge in [0.15, 0.2) is 0 Å². The van der Waals surface area contributed by atoms with E-state index in [1.165, 1.54) is 25.7 Å². The Balaban J connectivity index is 2.32. The highest BCUT2D eigenvalue weighted by Crippen LogP contribution is 2.37. The first-order valence-electron chi connectivity index (χ1n) is 6.34. The predicted molar refractivity (Wildman–Crippen MR) is 66.7 cm³/mol. The molecule has 0 radical (unpaired) electrons. The SMILES string of the molecule is CCC1(CC)CCN(CCC(N)=NO)CC1. The van der Waals surface area contributed by atoms with Gasteiger partial charge in [-0.2, -0.15) is 0 Å². The molecule has 0 atom stereocenters. The summed E-state index contributed by atoms with van der Waals surface area (Å²) in [4.78, 5) is 2.42. The van der Waals surface area contributed by atoms with Crippen LogP contribution in [0.5, 0.6) is 0 Å². The van der Waals surface area contributed by atoms with Crippen molar-refractivity contribution in [2.75, 3.05) is 19.6 Å². The zero-order valence-electron chi connectivity index (χ0n) is 10.6. The molecule has 0 aromatic carbocycles. The molecular formula is C12H25N3O. The number of hydrogen-bond acceptors (Lipinski definition) is 3. The van der Waals surface area contributed by atoms with Gasteiger partial charge in [0, 0.05) is 13.0 Å². The zero-order chi connectivity index (χ0) is 12.0. The fourth-order valence-electron chi connectivity index (χ4n) is 2.53. The van der Waals surface area contributed by atoms with Crippen molar-refractivity contribution in [2.24, 2.45) is 16.3 Å². The van der Waals surface area contributed by atoms with Crippen LogP contribution < -0.4 is 5.73 Å². The van der Waals surface area contributed by atoms with E-state index >= 15 is 0 Å². The van der Waals surface area contributed by atoms with Gasteiger partial charge >= 0.3 is 0 Å². The number of piperidine rings is 1. The fourth-order valence-corrected chi connectivity index (χ4v) is 2.53. The van der Waals surface area contributed by atoms with E-state index in [1.807, 2.05) is 0 Å². The van der Waals surface area contributed by atoms with Crippen molar-refractivity contribution in [3.8, 4) is 0 Å². The Morgan fingerprint density at radius 2 is 1.88 bits per heavy atom. The van der Waals surface area contributed by atoms with E-state index in [2.05, 4.69) is 23.9 Å². The van der Waals surface area contributed by atoms with Crippen LogP contribution in [0.4, 0.5) is 0 Å². The molecule has 1 fully saturated rings. The lowest BCUT2D eigenvalue weighted by atomic mass is 9.74. The second-order valence-electron chi connectivity index (χ2n) is 4.89. The van der Waals surface area contributed by atoms with Crippen LogP contribution in [0.15, 0.2) is 5.16 Å². The van der Waals surface area contributed by atoms with Crippen LogP contribution in [0.3, 0.4) is 0 Å². The summed E-state index contributed by atoms with van der Waals surface area (Å²) in [6, 6.07) is 0. The Morgan fingerprint density at radius 3 is 2.31 bits per heavy atom. The third-order valence-corrected chi connectivity index (χ3v) is 4.23. The van der Waals surface area contributed by atoms with Gasteiger partial charge in [0.25, 0.3) is 0 Å². The third-order valence-electron chi connectivity index (χ3n) is 4.23. The molecule has 0 aromatic heterocycles. The van der Waals surface area contributed by atoms with Crippen molar-refractivity contribution in [3.05, 3.63) is 0 Å². The molecule has 0 saturated carbocycles. The van der Waals surface area contributed by atoms with Gasteiger partial charge < -0.3 is 15.8 Å². The van der Waals surface area contributed by atoms with Crippen molar-refractivity contribution in [1.29, 1.82) is 0 Å².